The molecule has 0 spiro atoms. The van der Waals surface area contributed by atoms with Crippen molar-refractivity contribution in [2.45, 2.75) is 52.3 Å². The molecule has 204 valence electrons. The average Bonchev–Trinajstić information content (AvgIpc) is 3.32. The lowest BCUT2D eigenvalue weighted by molar-refractivity contribution is -0.142. The smallest absolute Gasteiger partial charge is 0.317 e. The van der Waals surface area contributed by atoms with Crippen molar-refractivity contribution in [1.29, 1.82) is 0 Å². The first kappa shape index (κ1) is 28.1. The fourth-order valence-corrected chi connectivity index (χ4v) is 4.45. The lowest BCUT2D eigenvalue weighted by atomic mass is 10.0. The number of oxazole rings is 1. The number of aliphatic carboxylic acids is 1. The van der Waals surface area contributed by atoms with E-state index in [0.717, 1.165) is 41.8 Å². The molecular weight excluding hydrogens is 492 g/mol. The standard InChI is InChI=1S/C32H36N2O5/c1-3-4-9-24-14-16-27(17-15-24)32(37)34(22-30(35)36)21-25-10-8-13-28(20-25)38-19-18-29-23(2)39-31(33-29)26-11-6-5-7-12-26/h5-8,10-17,20,32,37H,3-4,9,18-19,21-22H2,1-2H3,(H,35,36). The Kier molecular flexibility index (Phi) is 9.89. The van der Waals surface area contributed by atoms with E-state index in [0.29, 0.717) is 30.2 Å². The van der Waals surface area contributed by atoms with Crippen LogP contribution in [0.1, 0.15) is 54.1 Å². The fourth-order valence-electron chi connectivity index (χ4n) is 4.45. The SMILES string of the molecule is CCCCc1ccc(C(O)N(CC(=O)O)Cc2cccc(OCCc3nc(-c4ccccc4)oc3C)c2)cc1. The van der Waals surface area contributed by atoms with Crippen LogP contribution in [0.15, 0.2) is 83.3 Å². The highest BCUT2D eigenvalue weighted by Crippen LogP contribution is 2.24. The predicted molar refractivity (Wildman–Crippen MR) is 150 cm³/mol. The molecule has 7 heteroatoms. The first-order valence-electron chi connectivity index (χ1n) is 13.4. The first-order chi connectivity index (χ1) is 18.9. The number of carbonyl (C=O) groups is 1. The van der Waals surface area contributed by atoms with Crippen molar-refractivity contribution < 1.29 is 24.2 Å². The largest absolute Gasteiger partial charge is 0.493 e. The Morgan fingerprint density at radius 1 is 1.00 bits per heavy atom. The van der Waals surface area contributed by atoms with E-state index in [4.69, 9.17) is 9.15 Å². The number of hydrogen-bond acceptors (Lipinski definition) is 6. The summed E-state index contributed by atoms with van der Waals surface area (Å²) in [6.07, 6.45) is 2.76. The molecule has 7 nitrogen and oxygen atoms in total. The summed E-state index contributed by atoms with van der Waals surface area (Å²) in [5.41, 5.74) is 4.50. The molecule has 0 aliphatic heterocycles. The highest BCUT2D eigenvalue weighted by atomic mass is 16.5. The Bertz CT molecular complexity index is 1330. The number of benzene rings is 3. The van der Waals surface area contributed by atoms with Gasteiger partial charge in [0.15, 0.2) is 0 Å². The number of carboxylic acids is 1. The summed E-state index contributed by atoms with van der Waals surface area (Å²) < 4.78 is 11.8. The second kappa shape index (κ2) is 13.7. The van der Waals surface area contributed by atoms with E-state index in [-0.39, 0.29) is 13.1 Å². The van der Waals surface area contributed by atoms with Crippen molar-refractivity contribution in [3.05, 3.63) is 107 Å². The number of carboxylic acid groups (broad SMARTS) is 1. The Balaban J connectivity index is 1.38. The zero-order valence-electron chi connectivity index (χ0n) is 22.5. The summed E-state index contributed by atoms with van der Waals surface area (Å²) in [5, 5.41) is 20.5. The van der Waals surface area contributed by atoms with E-state index in [1.165, 1.54) is 10.5 Å². The topological polar surface area (TPSA) is 96.0 Å². The van der Waals surface area contributed by atoms with E-state index < -0.39 is 12.2 Å². The summed E-state index contributed by atoms with van der Waals surface area (Å²) in [4.78, 5) is 17.7. The van der Waals surface area contributed by atoms with E-state index in [2.05, 4.69) is 11.9 Å². The zero-order valence-corrected chi connectivity index (χ0v) is 22.5. The van der Waals surface area contributed by atoms with Crippen molar-refractivity contribution in [3.63, 3.8) is 0 Å². The highest BCUT2D eigenvalue weighted by Gasteiger charge is 2.21. The number of nitrogens with zero attached hydrogens (tertiary/aromatic N) is 2. The van der Waals surface area contributed by atoms with Gasteiger partial charge in [-0.15, -0.1) is 0 Å². The second-order valence-electron chi connectivity index (χ2n) is 9.65. The van der Waals surface area contributed by atoms with Gasteiger partial charge in [-0.3, -0.25) is 9.69 Å². The molecule has 0 radical (unpaired) electrons. The molecule has 0 aliphatic rings. The molecular formula is C32H36N2O5. The third-order valence-electron chi connectivity index (χ3n) is 6.59. The predicted octanol–water partition coefficient (Wildman–Crippen LogP) is 6.19. The summed E-state index contributed by atoms with van der Waals surface area (Å²) in [5.74, 6) is 1.03. The molecule has 4 rings (SSSR count). The van der Waals surface area contributed by atoms with Crippen LogP contribution in [-0.2, 0) is 24.2 Å². The van der Waals surface area contributed by atoms with Gasteiger partial charge >= 0.3 is 5.97 Å². The molecule has 1 aromatic heterocycles. The van der Waals surface area contributed by atoms with Crippen molar-refractivity contribution in [2.75, 3.05) is 13.2 Å². The number of aliphatic hydroxyl groups excluding tert-OH is 1. The van der Waals surface area contributed by atoms with Crippen LogP contribution in [0, 0.1) is 6.92 Å². The van der Waals surface area contributed by atoms with Crippen LogP contribution in [0.2, 0.25) is 0 Å². The molecule has 1 heterocycles. The van der Waals surface area contributed by atoms with Gasteiger partial charge in [0.1, 0.15) is 17.7 Å². The van der Waals surface area contributed by atoms with Gasteiger partial charge in [-0.1, -0.05) is 67.9 Å². The molecule has 2 N–H and O–H groups in total. The van der Waals surface area contributed by atoms with Crippen molar-refractivity contribution in [1.82, 2.24) is 9.88 Å². The van der Waals surface area contributed by atoms with Gasteiger partial charge in [0.25, 0.3) is 0 Å². The molecule has 1 atom stereocenters. The normalized spacial score (nSPS) is 12.0. The molecule has 0 bridgehead atoms. The number of hydrogen-bond donors (Lipinski definition) is 2. The Hall–Kier alpha value is -3.94. The number of ether oxygens (including phenoxy) is 1. The quantitative estimate of drug-likeness (QED) is 0.188. The van der Waals surface area contributed by atoms with Crippen molar-refractivity contribution in [2.24, 2.45) is 0 Å². The maximum absolute atomic E-state index is 11.6. The molecule has 1 unspecified atom stereocenters. The van der Waals surface area contributed by atoms with Crippen molar-refractivity contribution >= 4 is 5.97 Å². The maximum Gasteiger partial charge on any atom is 0.317 e. The van der Waals surface area contributed by atoms with Gasteiger partial charge in [-0.25, -0.2) is 4.98 Å². The van der Waals surface area contributed by atoms with Crippen LogP contribution in [0.5, 0.6) is 5.75 Å². The van der Waals surface area contributed by atoms with Crippen LogP contribution < -0.4 is 4.74 Å². The first-order valence-corrected chi connectivity index (χ1v) is 13.4. The Morgan fingerprint density at radius 2 is 1.77 bits per heavy atom. The van der Waals surface area contributed by atoms with Gasteiger partial charge in [0.05, 0.1) is 18.8 Å². The third-order valence-corrected chi connectivity index (χ3v) is 6.59. The van der Waals surface area contributed by atoms with Gasteiger partial charge in [0, 0.05) is 18.5 Å². The monoisotopic (exact) mass is 528 g/mol. The Morgan fingerprint density at radius 3 is 2.49 bits per heavy atom. The lowest BCUT2D eigenvalue weighted by Crippen LogP contribution is -2.33. The molecule has 0 amide bonds. The molecule has 0 aliphatic carbocycles. The van der Waals surface area contributed by atoms with Gasteiger partial charge in [-0.2, -0.15) is 0 Å². The minimum atomic E-state index is -1.04. The second-order valence-corrected chi connectivity index (χ2v) is 9.65. The van der Waals surface area contributed by atoms with E-state index in [1.807, 2.05) is 85.8 Å². The zero-order chi connectivity index (χ0) is 27.6. The fraction of sp³-hybridized carbons (Fsp3) is 0.312. The lowest BCUT2D eigenvalue weighted by Gasteiger charge is -2.27. The van der Waals surface area contributed by atoms with Crippen molar-refractivity contribution in [3.8, 4) is 17.2 Å². The summed E-state index contributed by atoms with van der Waals surface area (Å²) in [6.45, 7) is 4.43. The van der Waals surface area contributed by atoms with Crippen LogP contribution >= 0.6 is 0 Å². The number of unbranched alkanes of at least 4 members (excludes halogenated alkanes) is 1. The summed E-state index contributed by atoms with van der Waals surface area (Å²) >= 11 is 0. The molecule has 0 saturated carbocycles. The molecule has 0 saturated heterocycles. The van der Waals surface area contributed by atoms with E-state index >= 15 is 0 Å². The van der Waals surface area contributed by atoms with Gasteiger partial charge in [-0.05, 0) is 60.7 Å². The highest BCUT2D eigenvalue weighted by molar-refractivity contribution is 5.69. The number of aliphatic hydroxyl groups is 1. The average molecular weight is 529 g/mol. The Labute approximate surface area is 229 Å². The van der Waals surface area contributed by atoms with Crippen LogP contribution in [0.3, 0.4) is 0 Å². The van der Waals surface area contributed by atoms with Gasteiger partial charge in [0.2, 0.25) is 5.89 Å². The van der Waals surface area contributed by atoms with Gasteiger partial charge < -0.3 is 19.4 Å². The maximum atomic E-state index is 11.6. The minimum absolute atomic E-state index is 0.255. The summed E-state index contributed by atoms with van der Waals surface area (Å²) in [7, 11) is 0. The minimum Gasteiger partial charge on any atom is -0.493 e. The van der Waals surface area contributed by atoms with Crippen LogP contribution in [-0.4, -0.2) is 39.2 Å². The third kappa shape index (κ3) is 8.02. The molecule has 3 aromatic carbocycles. The van der Waals surface area contributed by atoms with E-state index in [1.54, 1.807) is 0 Å². The summed E-state index contributed by atoms with van der Waals surface area (Å²) in [6, 6.07) is 25.0. The number of aromatic nitrogens is 1. The molecule has 39 heavy (non-hydrogen) atoms. The number of aryl methyl sites for hydroxylation is 2. The molecule has 0 fully saturated rings. The number of rotatable bonds is 14. The van der Waals surface area contributed by atoms with Crippen LogP contribution in [0.25, 0.3) is 11.5 Å². The molecule has 4 aromatic rings. The van der Waals surface area contributed by atoms with Crippen LogP contribution in [0.4, 0.5) is 0 Å². The van der Waals surface area contributed by atoms with E-state index in [9.17, 15) is 15.0 Å².